The number of rotatable bonds is 3. The van der Waals surface area contributed by atoms with Gasteiger partial charge in [0.25, 0.3) is 0 Å². The summed E-state index contributed by atoms with van der Waals surface area (Å²) in [5.74, 6) is 1.58. The van der Waals surface area contributed by atoms with Gasteiger partial charge < -0.3 is 11.1 Å². The van der Waals surface area contributed by atoms with Crippen LogP contribution in [0.4, 0.5) is 0 Å². The highest BCUT2D eigenvalue weighted by atomic mass is 79.9. The first-order valence-electron chi connectivity index (χ1n) is 4.59. The lowest BCUT2D eigenvalue weighted by molar-refractivity contribution is 0.734. The molecule has 3 N–H and O–H groups in total. The first-order valence-corrected chi connectivity index (χ1v) is 5.57. The summed E-state index contributed by atoms with van der Waals surface area (Å²) in [4.78, 5) is 5.39. The van der Waals surface area contributed by atoms with Crippen molar-refractivity contribution in [1.82, 2.24) is 5.32 Å². The molecular formula is C10H14BrN3S. The van der Waals surface area contributed by atoms with Gasteiger partial charge >= 0.3 is 0 Å². The van der Waals surface area contributed by atoms with Gasteiger partial charge in [0.1, 0.15) is 0 Å². The quantitative estimate of drug-likeness (QED) is 0.831. The lowest BCUT2D eigenvalue weighted by Gasteiger charge is -2.09. The summed E-state index contributed by atoms with van der Waals surface area (Å²) < 4.78 is 0. The van der Waals surface area contributed by atoms with Crippen molar-refractivity contribution in [1.29, 1.82) is 0 Å². The third kappa shape index (κ3) is 3.76. The van der Waals surface area contributed by atoms with Crippen molar-refractivity contribution in [3.63, 3.8) is 0 Å². The van der Waals surface area contributed by atoms with Crippen molar-refractivity contribution in [2.45, 2.75) is 10.9 Å². The van der Waals surface area contributed by atoms with E-state index in [1.807, 2.05) is 17.8 Å². The molecule has 82 valence electrons. The molecule has 0 aliphatic carbocycles. The van der Waals surface area contributed by atoms with Gasteiger partial charge in [-0.2, -0.15) is 0 Å². The number of nitrogens with two attached hydrogens (primary N) is 1. The van der Waals surface area contributed by atoms with Crippen molar-refractivity contribution in [3.05, 3.63) is 30.3 Å². The Morgan fingerprint density at radius 2 is 2.13 bits per heavy atom. The fourth-order valence-corrected chi connectivity index (χ4v) is 2.25. The summed E-state index contributed by atoms with van der Waals surface area (Å²) in [5.41, 5.74) is 5.52. The van der Waals surface area contributed by atoms with E-state index in [2.05, 4.69) is 34.6 Å². The van der Waals surface area contributed by atoms with Crippen molar-refractivity contribution < 1.29 is 0 Å². The van der Waals surface area contributed by atoms with Crippen LogP contribution in [0.25, 0.3) is 0 Å². The topological polar surface area (TPSA) is 50.4 Å². The van der Waals surface area contributed by atoms with Crippen LogP contribution < -0.4 is 11.1 Å². The maximum Gasteiger partial charge on any atom is 0.188 e. The maximum absolute atomic E-state index is 5.52. The van der Waals surface area contributed by atoms with Gasteiger partial charge in [0, 0.05) is 10.6 Å². The molecule has 1 aromatic carbocycles. The number of thioether (sulfide) groups is 1. The fraction of sp³-hybridized carbons (Fsp3) is 0.300. The summed E-state index contributed by atoms with van der Waals surface area (Å²) in [6.07, 6.45) is 0. The third-order valence-corrected chi connectivity index (χ3v) is 3.20. The van der Waals surface area contributed by atoms with E-state index in [-0.39, 0.29) is 17.0 Å². The summed E-state index contributed by atoms with van der Waals surface area (Å²) >= 11 is 1.83. The number of nitrogens with zero attached hydrogens (tertiary/aromatic N) is 1. The van der Waals surface area contributed by atoms with E-state index in [1.54, 1.807) is 0 Å². The van der Waals surface area contributed by atoms with E-state index in [0.29, 0.717) is 12.0 Å². The van der Waals surface area contributed by atoms with Gasteiger partial charge in [0.05, 0.1) is 12.6 Å². The molecule has 0 aromatic heterocycles. The van der Waals surface area contributed by atoms with Crippen LogP contribution >= 0.6 is 28.7 Å². The molecule has 0 fully saturated rings. The van der Waals surface area contributed by atoms with Gasteiger partial charge in [-0.05, 0) is 12.1 Å². The van der Waals surface area contributed by atoms with Crippen molar-refractivity contribution >= 4 is 34.7 Å². The SMILES string of the molecule is Br.NC1=NCC(CSc2ccccc2)N1. The highest BCUT2D eigenvalue weighted by Crippen LogP contribution is 2.18. The van der Waals surface area contributed by atoms with Gasteiger partial charge in [-0.1, -0.05) is 18.2 Å². The monoisotopic (exact) mass is 287 g/mol. The second-order valence-corrected chi connectivity index (χ2v) is 4.28. The number of benzene rings is 1. The normalized spacial score (nSPS) is 18.9. The number of halogens is 1. The predicted octanol–water partition coefficient (Wildman–Crippen LogP) is 1.64. The van der Waals surface area contributed by atoms with Crippen molar-refractivity contribution in [2.75, 3.05) is 12.3 Å². The molecule has 1 aliphatic rings. The molecule has 0 amide bonds. The van der Waals surface area contributed by atoms with Gasteiger partial charge in [-0.15, -0.1) is 28.7 Å². The molecule has 0 bridgehead atoms. The van der Waals surface area contributed by atoms with Gasteiger partial charge in [-0.25, -0.2) is 0 Å². The van der Waals surface area contributed by atoms with Crippen LogP contribution in [0, 0.1) is 0 Å². The zero-order chi connectivity index (χ0) is 9.80. The van der Waals surface area contributed by atoms with Crippen LogP contribution in [0.2, 0.25) is 0 Å². The second kappa shape index (κ2) is 6.02. The molecule has 1 unspecified atom stereocenters. The Labute approximate surface area is 104 Å². The van der Waals surface area contributed by atoms with Gasteiger partial charge in [-0.3, -0.25) is 4.99 Å². The lowest BCUT2D eigenvalue weighted by atomic mass is 10.4. The van der Waals surface area contributed by atoms with Crippen LogP contribution in [0.3, 0.4) is 0 Å². The fourth-order valence-electron chi connectivity index (χ4n) is 1.32. The Hall–Kier alpha value is -0.680. The molecule has 0 spiro atoms. The standard InChI is InChI=1S/C10H13N3S.BrH/c11-10-12-6-8(13-10)7-14-9-4-2-1-3-5-9;/h1-5,8H,6-7H2,(H3,11,12,13);1H. The Morgan fingerprint density at radius 1 is 1.40 bits per heavy atom. The van der Waals surface area contributed by atoms with E-state index in [4.69, 9.17) is 5.73 Å². The number of hydrogen-bond donors (Lipinski definition) is 2. The largest absolute Gasteiger partial charge is 0.370 e. The molecule has 5 heteroatoms. The number of hydrogen-bond acceptors (Lipinski definition) is 4. The average molecular weight is 288 g/mol. The number of guanidine groups is 1. The molecule has 1 aromatic rings. The zero-order valence-corrected chi connectivity index (χ0v) is 10.7. The number of nitrogens with one attached hydrogen (secondary N) is 1. The lowest BCUT2D eigenvalue weighted by Crippen LogP contribution is -2.36. The van der Waals surface area contributed by atoms with Crippen molar-refractivity contribution in [3.8, 4) is 0 Å². The van der Waals surface area contributed by atoms with Gasteiger partial charge in [0.2, 0.25) is 0 Å². The number of aliphatic imine (C=N–C) groups is 1. The minimum atomic E-state index is 0. The molecule has 0 saturated carbocycles. The Bertz CT molecular complexity index is 329. The van der Waals surface area contributed by atoms with E-state index < -0.39 is 0 Å². The van der Waals surface area contributed by atoms with E-state index in [1.165, 1.54) is 4.90 Å². The second-order valence-electron chi connectivity index (χ2n) is 3.19. The molecule has 1 heterocycles. The molecule has 1 atom stereocenters. The van der Waals surface area contributed by atoms with Crippen molar-refractivity contribution in [2.24, 2.45) is 10.7 Å². The molecule has 1 aliphatic heterocycles. The first kappa shape index (κ1) is 12.4. The molecular weight excluding hydrogens is 274 g/mol. The minimum absolute atomic E-state index is 0. The summed E-state index contributed by atoms with van der Waals surface area (Å²) in [5, 5.41) is 3.13. The molecule has 0 radical (unpaired) electrons. The maximum atomic E-state index is 5.52. The highest BCUT2D eigenvalue weighted by molar-refractivity contribution is 8.93. The minimum Gasteiger partial charge on any atom is -0.370 e. The first-order chi connectivity index (χ1) is 6.84. The van der Waals surface area contributed by atoms with Crippen LogP contribution in [0.5, 0.6) is 0 Å². The highest BCUT2D eigenvalue weighted by Gasteiger charge is 2.14. The van der Waals surface area contributed by atoms with E-state index in [9.17, 15) is 0 Å². The summed E-state index contributed by atoms with van der Waals surface area (Å²) in [6, 6.07) is 10.7. The third-order valence-electron chi connectivity index (χ3n) is 2.03. The molecule has 2 rings (SSSR count). The van der Waals surface area contributed by atoms with Crippen LogP contribution in [-0.4, -0.2) is 24.3 Å². The van der Waals surface area contributed by atoms with E-state index >= 15 is 0 Å². The Kier molecular flexibility index (Phi) is 4.98. The van der Waals surface area contributed by atoms with Crippen LogP contribution in [0.1, 0.15) is 0 Å². The summed E-state index contributed by atoms with van der Waals surface area (Å²) in [7, 11) is 0. The summed E-state index contributed by atoms with van der Waals surface area (Å²) in [6.45, 7) is 0.797. The zero-order valence-electron chi connectivity index (χ0n) is 8.22. The Morgan fingerprint density at radius 3 is 2.73 bits per heavy atom. The molecule has 0 saturated heterocycles. The van der Waals surface area contributed by atoms with Gasteiger partial charge in [0.15, 0.2) is 5.96 Å². The molecule has 3 nitrogen and oxygen atoms in total. The smallest absolute Gasteiger partial charge is 0.188 e. The van der Waals surface area contributed by atoms with E-state index in [0.717, 1.165) is 12.3 Å². The van der Waals surface area contributed by atoms with Crippen LogP contribution in [0.15, 0.2) is 40.2 Å². The molecule has 15 heavy (non-hydrogen) atoms. The Balaban J connectivity index is 0.00000112. The average Bonchev–Trinajstić information content (AvgIpc) is 2.63. The predicted molar refractivity (Wildman–Crippen MR) is 70.9 cm³/mol. The van der Waals surface area contributed by atoms with Crippen LogP contribution in [-0.2, 0) is 0 Å².